The molecule has 0 amide bonds. The molecular formula is C14H18O. The van der Waals surface area contributed by atoms with Crippen molar-refractivity contribution in [3.63, 3.8) is 0 Å². The van der Waals surface area contributed by atoms with Crippen LogP contribution < -0.4 is 0 Å². The Bertz CT molecular complexity index is 356. The second-order valence-electron chi connectivity index (χ2n) is 5.70. The topological polar surface area (TPSA) is 17.1 Å². The summed E-state index contributed by atoms with van der Waals surface area (Å²) in [6.45, 7) is 9.85. The van der Waals surface area contributed by atoms with Gasteiger partial charge in [-0.1, -0.05) is 19.1 Å². The first-order valence-corrected chi connectivity index (χ1v) is 5.93. The summed E-state index contributed by atoms with van der Waals surface area (Å²) in [5, 5.41) is 0. The quantitative estimate of drug-likeness (QED) is 0.643. The molecule has 0 heterocycles. The van der Waals surface area contributed by atoms with Gasteiger partial charge >= 0.3 is 0 Å². The highest BCUT2D eigenvalue weighted by molar-refractivity contribution is 5.94. The normalized spacial score (nSPS) is 55.3. The van der Waals surface area contributed by atoms with Gasteiger partial charge in [-0.25, -0.2) is 0 Å². The van der Waals surface area contributed by atoms with E-state index >= 15 is 0 Å². The van der Waals surface area contributed by atoms with Crippen molar-refractivity contribution >= 4 is 5.78 Å². The van der Waals surface area contributed by atoms with Crippen LogP contribution in [0, 0.1) is 35.0 Å². The van der Waals surface area contributed by atoms with Gasteiger partial charge in [-0.15, -0.1) is 13.2 Å². The van der Waals surface area contributed by atoms with E-state index in [1.807, 2.05) is 6.08 Å². The Kier molecular flexibility index (Phi) is 1.65. The molecule has 1 nitrogen and oxygen atoms in total. The lowest BCUT2D eigenvalue weighted by Gasteiger charge is -2.29. The maximum atomic E-state index is 12.3. The molecule has 3 saturated carbocycles. The highest BCUT2D eigenvalue weighted by Crippen LogP contribution is 2.74. The molecule has 80 valence electrons. The van der Waals surface area contributed by atoms with Crippen LogP contribution in [0.15, 0.2) is 25.3 Å². The zero-order chi connectivity index (χ0) is 10.8. The highest BCUT2D eigenvalue weighted by atomic mass is 16.1. The van der Waals surface area contributed by atoms with Gasteiger partial charge in [0.1, 0.15) is 5.78 Å². The van der Waals surface area contributed by atoms with Crippen LogP contribution in [0.3, 0.4) is 0 Å². The molecule has 3 aliphatic carbocycles. The van der Waals surface area contributed by atoms with Gasteiger partial charge in [-0.3, -0.25) is 4.79 Å². The van der Waals surface area contributed by atoms with Crippen molar-refractivity contribution in [2.45, 2.75) is 19.8 Å². The maximum Gasteiger partial charge on any atom is 0.143 e. The van der Waals surface area contributed by atoms with Crippen LogP contribution in [0.5, 0.6) is 0 Å². The summed E-state index contributed by atoms with van der Waals surface area (Å²) < 4.78 is 0. The molecule has 0 N–H and O–H groups in total. The fourth-order valence-corrected chi connectivity index (χ4v) is 4.44. The number of fused-ring (bicyclic) bond motifs is 1. The van der Waals surface area contributed by atoms with E-state index in [4.69, 9.17) is 0 Å². The van der Waals surface area contributed by atoms with E-state index in [-0.39, 0.29) is 5.41 Å². The lowest BCUT2D eigenvalue weighted by molar-refractivity contribution is -0.128. The van der Waals surface area contributed by atoms with Crippen LogP contribution >= 0.6 is 0 Å². The second kappa shape index (κ2) is 2.63. The molecule has 1 heteroatoms. The fourth-order valence-electron chi connectivity index (χ4n) is 4.44. The number of allylic oxidation sites excluding steroid dienone is 2. The van der Waals surface area contributed by atoms with E-state index < -0.39 is 0 Å². The number of Topliss-reactive ketones (excluding diaryl/α,β-unsaturated/α-hetero) is 1. The minimum atomic E-state index is -0.0919. The van der Waals surface area contributed by atoms with Gasteiger partial charge in [0.05, 0.1) is 0 Å². The van der Waals surface area contributed by atoms with E-state index in [1.165, 1.54) is 6.42 Å². The predicted octanol–water partition coefficient (Wildman–Crippen LogP) is 2.84. The smallest absolute Gasteiger partial charge is 0.143 e. The Morgan fingerprint density at radius 3 is 2.73 bits per heavy atom. The van der Waals surface area contributed by atoms with E-state index in [2.05, 4.69) is 26.2 Å². The van der Waals surface area contributed by atoms with Crippen molar-refractivity contribution in [2.75, 3.05) is 0 Å². The molecule has 3 aliphatic rings. The first kappa shape index (κ1) is 9.38. The average molecular weight is 202 g/mol. The number of hydrogen-bond donors (Lipinski definition) is 0. The third-order valence-corrected chi connectivity index (χ3v) is 5.17. The monoisotopic (exact) mass is 202 g/mol. The zero-order valence-corrected chi connectivity index (χ0v) is 9.28. The van der Waals surface area contributed by atoms with Crippen LogP contribution in [0.1, 0.15) is 19.8 Å². The molecule has 2 unspecified atom stereocenters. The Hall–Kier alpha value is -0.850. The van der Waals surface area contributed by atoms with Crippen molar-refractivity contribution in [3.8, 4) is 0 Å². The summed E-state index contributed by atoms with van der Waals surface area (Å²) in [6, 6.07) is 0. The van der Waals surface area contributed by atoms with Gasteiger partial charge in [-0.2, -0.15) is 0 Å². The van der Waals surface area contributed by atoms with Crippen molar-refractivity contribution in [1.29, 1.82) is 0 Å². The largest absolute Gasteiger partial charge is 0.299 e. The molecule has 3 rings (SSSR count). The summed E-state index contributed by atoms with van der Waals surface area (Å²) in [6.07, 6.45) is 6.04. The summed E-state index contributed by atoms with van der Waals surface area (Å²) >= 11 is 0. The third-order valence-electron chi connectivity index (χ3n) is 5.17. The molecule has 3 fully saturated rings. The Morgan fingerprint density at radius 1 is 1.47 bits per heavy atom. The van der Waals surface area contributed by atoms with Crippen molar-refractivity contribution in [3.05, 3.63) is 25.3 Å². The number of ketones is 1. The molecule has 0 spiro atoms. The van der Waals surface area contributed by atoms with Gasteiger partial charge in [0, 0.05) is 11.3 Å². The van der Waals surface area contributed by atoms with Crippen LogP contribution in [0.25, 0.3) is 0 Å². The zero-order valence-electron chi connectivity index (χ0n) is 9.28. The molecule has 0 aromatic rings. The lowest BCUT2D eigenvalue weighted by Crippen LogP contribution is -2.30. The molecule has 0 bridgehead atoms. The van der Waals surface area contributed by atoms with Crippen LogP contribution in [-0.2, 0) is 4.79 Å². The molecule has 0 radical (unpaired) electrons. The van der Waals surface area contributed by atoms with Gasteiger partial charge in [0.2, 0.25) is 0 Å². The molecule has 0 saturated heterocycles. The summed E-state index contributed by atoms with van der Waals surface area (Å²) in [5.74, 6) is 3.49. The Labute approximate surface area is 91.2 Å². The molecule has 0 aliphatic heterocycles. The van der Waals surface area contributed by atoms with E-state index in [1.54, 1.807) is 0 Å². The first-order chi connectivity index (χ1) is 7.15. The molecule has 6 atom stereocenters. The maximum absolute atomic E-state index is 12.3. The third kappa shape index (κ3) is 0.878. The Balaban J connectivity index is 1.95. The van der Waals surface area contributed by atoms with Gasteiger partial charge in [0.25, 0.3) is 0 Å². The van der Waals surface area contributed by atoms with Crippen molar-refractivity contribution in [2.24, 2.45) is 35.0 Å². The summed E-state index contributed by atoms with van der Waals surface area (Å²) in [5.41, 5.74) is -0.0919. The average Bonchev–Trinajstić information content (AvgIpc) is 2.77. The predicted molar refractivity (Wildman–Crippen MR) is 60.2 cm³/mol. The van der Waals surface area contributed by atoms with Crippen molar-refractivity contribution in [1.82, 2.24) is 0 Å². The molecule has 0 aromatic heterocycles. The lowest BCUT2D eigenvalue weighted by atomic mass is 9.73. The number of carbonyl (C=O) groups is 1. The number of hydrogen-bond acceptors (Lipinski definition) is 1. The number of rotatable bonds is 3. The SMILES string of the molecule is C=CC[C@]1(C)C(=O)C2C3[C@H]2[C@H]1C[C@H]3C=C. The fraction of sp³-hybridized carbons (Fsp3) is 0.643. The highest BCUT2D eigenvalue weighted by Gasteiger charge is 2.75. The van der Waals surface area contributed by atoms with Gasteiger partial charge < -0.3 is 0 Å². The van der Waals surface area contributed by atoms with Gasteiger partial charge in [-0.05, 0) is 36.5 Å². The first-order valence-electron chi connectivity index (χ1n) is 5.93. The van der Waals surface area contributed by atoms with Crippen molar-refractivity contribution < 1.29 is 4.79 Å². The van der Waals surface area contributed by atoms with E-state index in [0.29, 0.717) is 35.4 Å². The van der Waals surface area contributed by atoms with E-state index in [9.17, 15) is 4.79 Å². The Morgan fingerprint density at radius 2 is 2.20 bits per heavy atom. The minimum absolute atomic E-state index is 0.0919. The standard InChI is InChI=1S/C14H18O/c1-4-6-14(3)9-7-8(5-2)10-11(9)12(10)13(14)15/h4-5,8-12H,1-2,6-7H2,3H3/t8-,9-,10?,11-,12?,14+/m1/s1. The summed E-state index contributed by atoms with van der Waals surface area (Å²) in [7, 11) is 0. The van der Waals surface area contributed by atoms with Crippen LogP contribution in [0.4, 0.5) is 0 Å². The molecular weight excluding hydrogens is 184 g/mol. The van der Waals surface area contributed by atoms with E-state index in [0.717, 1.165) is 6.42 Å². The molecule has 0 aromatic carbocycles. The summed E-state index contributed by atoms with van der Waals surface area (Å²) in [4.78, 5) is 12.3. The second-order valence-corrected chi connectivity index (χ2v) is 5.70. The van der Waals surface area contributed by atoms with Gasteiger partial charge in [0.15, 0.2) is 0 Å². The van der Waals surface area contributed by atoms with Crippen LogP contribution in [-0.4, -0.2) is 5.78 Å². The minimum Gasteiger partial charge on any atom is -0.299 e. The molecule has 15 heavy (non-hydrogen) atoms. The number of carbonyl (C=O) groups excluding carboxylic acids is 1. The van der Waals surface area contributed by atoms with Crippen LogP contribution in [0.2, 0.25) is 0 Å².